The van der Waals surface area contributed by atoms with E-state index in [1.54, 1.807) is 30.1 Å². The zero-order valence-electron chi connectivity index (χ0n) is 9.07. The van der Waals surface area contributed by atoms with Crippen molar-refractivity contribution in [3.05, 3.63) is 22.9 Å². The number of carbonyl (C=O) groups excluding carboxylic acids is 1. The summed E-state index contributed by atoms with van der Waals surface area (Å²) >= 11 is 4.86. The maximum absolute atomic E-state index is 11.3. The monoisotopic (exact) mass is 304 g/mol. The van der Waals surface area contributed by atoms with Crippen LogP contribution < -0.4 is 5.32 Å². The number of aromatic nitrogens is 1. The molecule has 16 heavy (non-hydrogen) atoms. The number of pyridine rings is 1. The molecule has 88 valence electrons. The summed E-state index contributed by atoms with van der Waals surface area (Å²) in [6, 6.07) is 3.50. The summed E-state index contributed by atoms with van der Waals surface area (Å²) in [6.07, 6.45) is 3.08. The van der Waals surface area contributed by atoms with Gasteiger partial charge in [0.15, 0.2) is 0 Å². The van der Waals surface area contributed by atoms with Gasteiger partial charge >= 0.3 is 6.09 Å². The third-order valence-electron chi connectivity index (χ3n) is 1.83. The van der Waals surface area contributed by atoms with Gasteiger partial charge in [-0.25, -0.2) is 9.78 Å². The van der Waals surface area contributed by atoms with Gasteiger partial charge in [-0.1, -0.05) is 6.92 Å². The fraction of sp³-hybridized carbons (Fsp3) is 0.400. The zero-order chi connectivity index (χ0) is 12.0. The standard InChI is InChI=1S/C10H13BrN2O2S/c1-7(16-2)6-15-10(14)13-8-3-4-9(11)12-5-8/h3-5,7H,6H2,1-2H3,(H,13,14). The van der Waals surface area contributed by atoms with Crippen LogP contribution in [0, 0.1) is 0 Å². The fourth-order valence-corrected chi connectivity index (χ4v) is 1.30. The molecule has 1 atom stereocenters. The van der Waals surface area contributed by atoms with E-state index >= 15 is 0 Å². The van der Waals surface area contributed by atoms with Gasteiger partial charge in [-0.3, -0.25) is 5.32 Å². The average molecular weight is 305 g/mol. The van der Waals surface area contributed by atoms with E-state index in [-0.39, 0.29) is 0 Å². The van der Waals surface area contributed by atoms with Gasteiger partial charge in [-0.2, -0.15) is 11.8 Å². The van der Waals surface area contributed by atoms with Gasteiger partial charge in [-0.05, 0) is 34.3 Å². The van der Waals surface area contributed by atoms with E-state index in [1.807, 2.05) is 13.2 Å². The van der Waals surface area contributed by atoms with Crippen LogP contribution in [0.1, 0.15) is 6.92 Å². The molecule has 1 rings (SSSR count). The summed E-state index contributed by atoms with van der Waals surface area (Å²) < 4.78 is 5.74. The van der Waals surface area contributed by atoms with Crippen LogP contribution in [0.3, 0.4) is 0 Å². The molecule has 1 heterocycles. The Labute approximate surface area is 107 Å². The highest BCUT2D eigenvalue weighted by Crippen LogP contribution is 2.11. The number of thioether (sulfide) groups is 1. The van der Waals surface area contributed by atoms with Crippen LogP contribution in [0.15, 0.2) is 22.9 Å². The number of hydrogen-bond donors (Lipinski definition) is 1. The molecule has 6 heteroatoms. The van der Waals surface area contributed by atoms with Gasteiger partial charge in [0.05, 0.1) is 11.9 Å². The van der Waals surface area contributed by atoms with Crippen molar-refractivity contribution in [1.29, 1.82) is 0 Å². The molecule has 0 aromatic carbocycles. The van der Waals surface area contributed by atoms with E-state index < -0.39 is 6.09 Å². The summed E-state index contributed by atoms with van der Waals surface area (Å²) in [4.78, 5) is 15.3. The molecule has 1 aromatic heterocycles. The molecule has 0 saturated heterocycles. The van der Waals surface area contributed by atoms with Crippen molar-refractivity contribution in [3.8, 4) is 0 Å². The molecule has 1 unspecified atom stereocenters. The molecule has 1 aromatic rings. The van der Waals surface area contributed by atoms with Crippen LogP contribution in [0.25, 0.3) is 0 Å². The average Bonchev–Trinajstić information content (AvgIpc) is 2.29. The van der Waals surface area contributed by atoms with E-state index in [0.29, 0.717) is 17.5 Å². The lowest BCUT2D eigenvalue weighted by molar-refractivity contribution is 0.163. The van der Waals surface area contributed by atoms with Gasteiger partial charge in [0, 0.05) is 5.25 Å². The highest BCUT2D eigenvalue weighted by molar-refractivity contribution is 9.10. The van der Waals surface area contributed by atoms with Gasteiger partial charge in [0.25, 0.3) is 0 Å². The summed E-state index contributed by atoms with van der Waals surface area (Å²) in [5.41, 5.74) is 0.616. The lowest BCUT2D eigenvalue weighted by Gasteiger charge is -2.10. The lowest BCUT2D eigenvalue weighted by Crippen LogP contribution is -2.18. The van der Waals surface area contributed by atoms with E-state index in [2.05, 4.69) is 26.2 Å². The van der Waals surface area contributed by atoms with Gasteiger partial charge < -0.3 is 4.74 Å². The second kappa shape index (κ2) is 6.75. The normalized spacial score (nSPS) is 11.9. The zero-order valence-corrected chi connectivity index (χ0v) is 11.5. The number of ether oxygens (including phenoxy) is 1. The van der Waals surface area contributed by atoms with Crippen molar-refractivity contribution < 1.29 is 9.53 Å². The Balaban J connectivity index is 2.37. The molecule has 1 N–H and O–H groups in total. The number of nitrogens with zero attached hydrogens (tertiary/aromatic N) is 1. The minimum Gasteiger partial charge on any atom is -0.448 e. The van der Waals surface area contributed by atoms with Crippen LogP contribution >= 0.6 is 27.7 Å². The molecular formula is C10H13BrN2O2S. The number of halogens is 1. The number of hydrogen-bond acceptors (Lipinski definition) is 4. The SMILES string of the molecule is CSC(C)COC(=O)Nc1ccc(Br)nc1. The van der Waals surface area contributed by atoms with Crippen LogP contribution in [0.5, 0.6) is 0 Å². The number of anilines is 1. The summed E-state index contributed by atoms with van der Waals surface area (Å²) in [6.45, 7) is 2.40. The van der Waals surface area contributed by atoms with Crippen LogP contribution in [0.4, 0.5) is 10.5 Å². The largest absolute Gasteiger partial charge is 0.448 e. The maximum atomic E-state index is 11.3. The van der Waals surface area contributed by atoms with Gasteiger partial charge in [-0.15, -0.1) is 0 Å². The molecule has 4 nitrogen and oxygen atoms in total. The minimum absolute atomic E-state index is 0.300. The lowest BCUT2D eigenvalue weighted by atomic mass is 10.4. The first-order chi connectivity index (χ1) is 7.61. The molecular weight excluding hydrogens is 292 g/mol. The molecule has 0 radical (unpaired) electrons. The van der Waals surface area contributed by atoms with Crippen LogP contribution in [-0.4, -0.2) is 29.2 Å². The van der Waals surface area contributed by atoms with Crippen molar-refractivity contribution in [3.63, 3.8) is 0 Å². The molecule has 0 spiro atoms. The molecule has 0 fully saturated rings. The van der Waals surface area contributed by atoms with Crippen LogP contribution in [0.2, 0.25) is 0 Å². The van der Waals surface area contributed by atoms with Gasteiger partial charge in [0.1, 0.15) is 11.2 Å². The minimum atomic E-state index is -0.454. The molecule has 1 amide bonds. The Kier molecular flexibility index (Phi) is 5.62. The van der Waals surface area contributed by atoms with E-state index in [1.165, 1.54) is 0 Å². The van der Waals surface area contributed by atoms with Crippen molar-refractivity contribution in [2.24, 2.45) is 0 Å². The van der Waals surface area contributed by atoms with Crippen molar-refractivity contribution in [1.82, 2.24) is 4.98 Å². The number of nitrogens with one attached hydrogen (secondary N) is 1. The quantitative estimate of drug-likeness (QED) is 0.868. The highest BCUT2D eigenvalue weighted by Gasteiger charge is 2.06. The van der Waals surface area contributed by atoms with Gasteiger partial charge in [0.2, 0.25) is 0 Å². The van der Waals surface area contributed by atoms with Crippen molar-refractivity contribution in [2.75, 3.05) is 18.2 Å². The Bertz CT molecular complexity index is 345. The first-order valence-electron chi connectivity index (χ1n) is 4.70. The first kappa shape index (κ1) is 13.3. The third-order valence-corrected chi connectivity index (χ3v) is 3.24. The molecule has 0 aliphatic rings. The number of carbonyl (C=O) groups is 1. The number of rotatable bonds is 4. The van der Waals surface area contributed by atoms with Crippen molar-refractivity contribution in [2.45, 2.75) is 12.2 Å². The summed E-state index contributed by atoms with van der Waals surface area (Å²) in [5, 5.41) is 2.89. The van der Waals surface area contributed by atoms with Crippen molar-refractivity contribution >= 4 is 39.5 Å². The third kappa shape index (κ3) is 4.85. The predicted molar refractivity (Wildman–Crippen MR) is 69.9 cm³/mol. The Morgan fingerprint density at radius 2 is 2.44 bits per heavy atom. The maximum Gasteiger partial charge on any atom is 0.411 e. The fourth-order valence-electron chi connectivity index (χ4n) is 0.865. The number of amides is 1. The Hall–Kier alpha value is -0.750. The molecule has 0 aliphatic heterocycles. The Morgan fingerprint density at radius 1 is 1.69 bits per heavy atom. The second-order valence-corrected chi connectivity index (χ2v) is 5.23. The smallest absolute Gasteiger partial charge is 0.411 e. The summed E-state index contributed by atoms with van der Waals surface area (Å²) in [7, 11) is 0. The molecule has 0 saturated carbocycles. The summed E-state index contributed by atoms with van der Waals surface area (Å²) in [5.74, 6) is 0. The van der Waals surface area contributed by atoms with E-state index in [4.69, 9.17) is 4.74 Å². The van der Waals surface area contributed by atoms with E-state index in [0.717, 1.165) is 4.60 Å². The molecule has 0 aliphatic carbocycles. The molecule has 0 bridgehead atoms. The topological polar surface area (TPSA) is 51.2 Å². The Morgan fingerprint density at radius 3 is 3.00 bits per heavy atom. The van der Waals surface area contributed by atoms with E-state index in [9.17, 15) is 4.79 Å². The predicted octanol–water partition coefficient (Wildman–Crippen LogP) is 3.14. The second-order valence-electron chi connectivity index (χ2n) is 3.14. The first-order valence-corrected chi connectivity index (χ1v) is 6.78. The van der Waals surface area contributed by atoms with Crippen LogP contribution in [-0.2, 0) is 4.74 Å². The highest BCUT2D eigenvalue weighted by atomic mass is 79.9.